The highest BCUT2D eigenvalue weighted by Gasteiger charge is 1.98. The minimum atomic E-state index is -0.123. The van der Waals surface area contributed by atoms with Crippen molar-refractivity contribution in [3.8, 4) is 5.75 Å². The normalized spacial score (nSPS) is 10.0. The minimum Gasteiger partial charge on any atom is -0.492 e. The number of rotatable bonds is 7. The van der Waals surface area contributed by atoms with E-state index in [9.17, 15) is 4.79 Å². The fourth-order valence-electron chi connectivity index (χ4n) is 1.30. The Morgan fingerprint density at radius 1 is 1.41 bits per heavy atom. The highest BCUT2D eigenvalue weighted by molar-refractivity contribution is 9.10. The van der Waals surface area contributed by atoms with Crippen LogP contribution in [0.1, 0.15) is 25.7 Å². The van der Waals surface area contributed by atoms with Gasteiger partial charge >= 0.3 is 0 Å². The summed E-state index contributed by atoms with van der Waals surface area (Å²) in [7, 11) is 0. The Balaban J connectivity index is 2.06. The van der Waals surface area contributed by atoms with Crippen LogP contribution in [0.2, 0.25) is 0 Å². The second-order valence-corrected chi connectivity index (χ2v) is 4.48. The summed E-state index contributed by atoms with van der Waals surface area (Å²) in [6, 6.07) is 1.87. The molecule has 0 aliphatic carbocycles. The van der Waals surface area contributed by atoms with E-state index in [4.69, 9.17) is 10.6 Å². The van der Waals surface area contributed by atoms with Crippen molar-refractivity contribution in [1.29, 1.82) is 0 Å². The molecule has 0 bridgehead atoms. The van der Waals surface area contributed by atoms with E-state index in [0.29, 0.717) is 13.0 Å². The van der Waals surface area contributed by atoms with Crippen molar-refractivity contribution >= 4 is 21.8 Å². The van der Waals surface area contributed by atoms with E-state index in [-0.39, 0.29) is 5.91 Å². The van der Waals surface area contributed by atoms with Crippen molar-refractivity contribution in [2.45, 2.75) is 25.7 Å². The summed E-state index contributed by atoms with van der Waals surface area (Å²) in [6.07, 6.45) is 6.52. The lowest BCUT2D eigenvalue weighted by atomic mass is 10.2. The van der Waals surface area contributed by atoms with E-state index in [1.807, 2.05) is 6.07 Å². The summed E-state index contributed by atoms with van der Waals surface area (Å²) in [5, 5.41) is 0. The Bertz CT molecular complexity index is 360. The zero-order valence-corrected chi connectivity index (χ0v) is 11.1. The molecule has 0 saturated carbocycles. The molecule has 0 radical (unpaired) electrons. The first-order chi connectivity index (χ1) is 8.22. The molecule has 0 atom stereocenters. The molecule has 3 N–H and O–H groups in total. The molecule has 1 rings (SSSR count). The van der Waals surface area contributed by atoms with E-state index >= 15 is 0 Å². The van der Waals surface area contributed by atoms with Crippen molar-refractivity contribution in [1.82, 2.24) is 10.4 Å². The molecule has 0 spiro atoms. The van der Waals surface area contributed by atoms with Gasteiger partial charge in [0.1, 0.15) is 5.75 Å². The molecule has 94 valence electrons. The minimum absolute atomic E-state index is 0.123. The van der Waals surface area contributed by atoms with Gasteiger partial charge in [0.15, 0.2) is 0 Å². The topological polar surface area (TPSA) is 77.2 Å². The predicted octanol–water partition coefficient (Wildman–Crippen LogP) is 1.77. The lowest BCUT2D eigenvalue weighted by molar-refractivity contribution is -0.121. The van der Waals surface area contributed by atoms with Crippen molar-refractivity contribution in [2.24, 2.45) is 5.84 Å². The number of nitrogens with zero attached hydrogens (tertiary/aromatic N) is 1. The van der Waals surface area contributed by atoms with Crippen molar-refractivity contribution in [2.75, 3.05) is 6.61 Å². The fraction of sp³-hybridized carbons (Fsp3) is 0.455. The SMILES string of the molecule is NNC(=O)CCCCCOc1cncc(Br)c1. The molecule has 1 heterocycles. The molecule has 1 amide bonds. The predicted molar refractivity (Wildman–Crippen MR) is 68.2 cm³/mol. The quantitative estimate of drug-likeness (QED) is 0.348. The highest BCUT2D eigenvalue weighted by Crippen LogP contribution is 2.16. The summed E-state index contributed by atoms with van der Waals surface area (Å²) in [5.74, 6) is 5.59. The number of hydrogen-bond donors (Lipinski definition) is 2. The molecule has 0 fully saturated rings. The number of ether oxygens (including phenoxy) is 1. The number of unbranched alkanes of at least 4 members (excludes halogenated alkanes) is 2. The zero-order valence-electron chi connectivity index (χ0n) is 9.49. The first-order valence-electron chi connectivity index (χ1n) is 5.45. The summed E-state index contributed by atoms with van der Waals surface area (Å²) < 4.78 is 6.40. The molecule has 0 aromatic carbocycles. The highest BCUT2D eigenvalue weighted by atomic mass is 79.9. The number of pyridine rings is 1. The Labute approximate surface area is 109 Å². The van der Waals surface area contributed by atoms with E-state index in [1.54, 1.807) is 12.4 Å². The third-order valence-corrected chi connectivity index (χ3v) is 2.59. The van der Waals surface area contributed by atoms with Gasteiger partial charge in [0.05, 0.1) is 12.8 Å². The van der Waals surface area contributed by atoms with Crippen LogP contribution < -0.4 is 16.0 Å². The number of nitrogens with one attached hydrogen (secondary N) is 1. The molecule has 5 nitrogen and oxygen atoms in total. The van der Waals surface area contributed by atoms with Crippen LogP contribution in [-0.4, -0.2) is 17.5 Å². The Morgan fingerprint density at radius 2 is 2.24 bits per heavy atom. The molecule has 1 aromatic heterocycles. The number of hydrogen-bond acceptors (Lipinski definition) is 4. The fourth-order valence-corrected chi connectivity index (χ4v) is 1.64. The molecule has 0 unspecified atom stereocenters. The van der Waals surface area contributed by atoms with Crippen LogP contribution in [-0.2, 0) is 4.79 Å². The smallest absolute Gasteiger partial charge is 0.233 e. The van der Waals surface area contributed by atoms with Gasteiger partial charge in [-0.15, -0.1) is 0 Å². The second-order valence-electron chi connectivity index (χ2n) is 3.57. The average Bonchev–Trinajstić information content (AvgIpc) is 2.33. The van der Waals surface area contributed by atoms with Crippen LogP contribution >= 0.6 is 15.9 Å². The van der Waals surface area contributed by atoms with Crippen LogP contribution in [0, 0.1) is 0 Å². The summed E-state index contributed by atoms with van der Waals surface area (Å²) >= 11 is 3.32. The lowest BCUT2D eigenvalue weighted by Gasteiger charge is -2.05. The first kappa shape index (κ1) is 13.9. The molecule has 0 saturated heterocycles. The number of carbonyl (C=O) groups excluding carboxylic acids is 1. The van der Waals surface area contributed by atoms with Crippen LogP contribution in [0.3, 0.4) is 0 Å². The average molecular weight is 302 g/mol. The third-order valence-electron chi connectivity index (χ3n) is 2.16. The first-order valence-corrected chi connectivity index (χ1v) is 6.24. The van der Waals surface area contributed by atoms with Crippen molar-refractivity contribution in [3.63, 3.8) is 0 Å². The monoisotopic (exact) mass is 301 g/mol. The van der Waals surface area contributed by atoms with E-state index in [2.05, 4.69) is 26.3 Å². The molecule has 0 aliphatic rings. The molecule has 17 heavy (non-hydrogen) atoms. The van der Waals surface area contributed by atoms with Gasteiger partial charge in [-0.2, -0.15) is 0 Å². The van der Waals surface area contributed by atoms with Gasteiger partial charge in [0.2, 0.25) is 5.91 Å². The molecule has 0 aliphatic heterocycles. The maximum atomic E-state index is 10.8. The van der Waals surface area contributed by atoms with Gasteiger partial charge in [0, 0.05) is 17.1 Å². The van der Waals surface area contributed by atoms with E-state index < -0.39 is 0 Å². The lowest BCUT2D eigenvalue weighted by Crippen LogP contribution is -2.29. The standard InChI is InChI=1S/C11H16BrN3O2/c12-9-6-10(8-14-7-9)17-5-3-1-2-4-11(16)15-13/h6-8H,1-5,13H2,(H,15,16). The largest absolute Gasteiger partial charge is 0.492 e. The second kappa shape index (κ2) is 8.03. The third kappa shape index (κ3) is 6.23. The van der Waals surface area contributed by atoms with E-state index in [1.165, 1.54) is 0 Å². The van der Waals surface area contributed by atoms with Gasteiger partial charge in [0.25, 0.3) is 0 Å². The van der Waals surface area contributed by atoms with Crippen LogP contribution in [0.25, 0.3) is 0 Å². The van der Waals surface area contributed by atoms with Gasteiger partial charge < -0.3 is 4.74 Å². The number of halogens is 1. The summed E-state index contributed by atoms with van der Waals surface area (Å²) in [4.78, 5) is 14.8. The van der Waals surface area contributed by atoms with Crippen molar-refractivity contribution < 1.29 is 9.53 Å². The number of carbonyl (C=O) groups is 1. The van der Waals surface area contributed by atoms with Crippen LogP contribution in [0.4, 0.5) is 0 Å². The van der Waals surface area contributed by atoms with Crippen LogP contribution in [0.5, 0.6) is 5.75 Å². The summed E-state index contributed by atoms with van der Waals surface area (Å²) in [5.41, 5.74) is 2.10. The number of hydrazine groups is 1. The maximum absolute atomic E-state index is 10.8. The number of nitrogens with two attached hydrogens (primary N) is 1. The Kier molecular flexibility index (Phi) is 6.57. The molecular formula is C11H16BrN3O2. The van der Waals surface area contributed by atoms with Gasteiger partial charge in [-0.25, -0.2) is 5.84 Å². The Hall–Kier alpha value is -1.14. The van der Waals surface area contributed by atoms with Gasteiger partial charge in [-0.05, 0) is 41.3 Å². The molecule has 6 heteroatoms. The van der Waals surface area contributed by atoms with Gasteiger partial charge in [-0.3, -0.25) is 15.2 Å². The number of amides is 1. The van der Waals surface area contributed by atoms with Gasteiger partial charge in [-0.1, -0.05) is 0 Å². The zero-order chi connectivity index (χ0) is 12.5. The number of aromatic nitrogens is 1. The summed E-state index contributed by atoms with van der Waals surface area (Å²) in [6.45, 7) is 0.627. The van der Waals surface area contributed by atoms with E-state index in [0.717, 1.165) is 29.5 Å². The molecule has 1 aromatic rings. The molecular weight excluding hydrogens is 286 g/mol. The Morgan fingerprint density at radius 3 is 2.94 bits per heavy atom. The maximum Gasteiger partial charge on any atom is 0.233 e. The van der Waals surface area contributed by atoms with Crippen molar-refractivity contribution in [3.05, 3.63) is 22.9 Å². The van der Waals surface area contributed by atoms with Crippen LogP contribution in [0.15, 0.2) is 22.9 Å².